The van der Waals surface area contributed by atoms with E-state index < -0.39 is 11.9 Å². The maximum absolute atomic E-state index is 10.9. The fraction of sp³-hybridized carbons (Fsp3) is 0.364. The Morgan fingerprint density at radius 1 is 1.29 bits per heavy atom. The number of halogens is 1. The van der Waals surface area contributed by atoms with E-state index in [1.165, 1.54) is 0 Å². The highest BCUT2D eigenvalue weighted by molar-refractivity contribution is 6.30. The first-order chi connectivity index (χ1) is 6.52. The fourth-order valence-corrected chi connectivity index (χ4v) is 1.59. The van der Waals surface area contributed by atoms with Crippen molar-refractivity contribution in [2.24, 2.45) is 5.92 Å². The van der Waals surface area contributed by atoms with Crippen molar-refractivity contribution in [3.05, 3.63) is 34.9 Å². The number of hydrogen-bond acceptors (Lipinski definition) is 2. The number of carbonyl (C=O) groups is 1. The van der Waals surface area contributed by atoms with Crippen LogP contribution in [0.15, 0.2) is 24.3 Å². The van der Waals surface area contributed by atoms with Crippen molar-refractivity contribution in [2.45, 2.75) is 19.8 Å². The van der Waals surface area contributed by atoms with Crippen LogP contribution in [0.2, 0.25) is 5.02 Å². The largest absolute Gasteiger partial charge is 0.549 e. The zero-order chi connectivity index (χ0) is 10.7. The molecule has 1 atom stereocenters. The number of hydrogen-bond donors (Lipinski definition) is 0. The standard InChI is InChI=1S/C11H13ClO2/c1-7(2)10(11(13)14)8-3-5-9(12)6-4-8/h3-7,10H,1-2H3,(H,13,14)/p-1/t10-/m1/s1. The van der Waals surface area contributed by atoms with Gasteiger partial charge < -0.3 is 9.90 Å². The number of carboxylic acid groups (broad SMARTS) is 1. The molecule has 0 unspecified atom stereocenters. The highest BCUT2D eigenvalue weighted by atomic mass is 35.5. The first-order valence-electron chi connectivity index (χ1n) is 4.48. The predicted octanol–water partition coefficient (Wildman–Crippen LogP) is 1.83. The maximum atomic E-state index is 10.9. The Labute approximate surface area is 88.5 Å². The Kier molecular flexibility index (Phi) is 3.53. The molecule has 0 radical (unpaired) electrons. The molecule has 76 valence electrons. The normalized spacial score (nSPS) is 12.9. The molecule has 0 saturated heterocycles. The van der Waals surface area contributed by atoms with E-state index in [1.54, 1.807) is 24.3 Å². The van der Waals surface area contributed by atoms with Crippen molar-refractivity contribution in [1.29, 1.82) is 0 Å². The summed E-state index contributed by atoms with van der Waals surface area (Å²) in [6.07, 6.45) is 0. The zero-order valence-electron chi connectivity index (χ0n) is 8.16. The molecular weight excluding hydrogens is 200 g/mol. The molecule has 0 spiro atoms. The van der Waals surface area contributed by atoms with Crippen LogP contribution < -0.4 is 5.11 Å². The topological polar surface area (TPSA) is 40.1 Å². The predicted molar refractivity (Wildman–Crippen MR) is 54.0 cm³/mol. The Morgan fingerprint density at radius 3 is 2.14 bits per heavy atom. The summed E-state index contributed by atoms with van der Waals surface area (Å²) in [5, 5.41) is 11.5. The molecule has 0 bridgehead atoms. The van der Waals surface area contributed by atoms with Gasteiger partial charge in [0.1, 0.15) is 0 Å². The van der Waals surface area contributed by atoms with Gasteiger partial charge in [-0.05, 0) is 23.6 Å². The first-order valence-corrected chi connectivity index (χ1v) is 4.86. The van der Waals surface area contributed by atoms with Crippen molar-refractivity contribution >= 4 is 17.6 Å². The molecule has 0 saturated carbocycles. The van der Waals surface area contributed by atoms with Gasteiger partial charge in [-0.15, -0.1) is 0 Å². The molecule has 0 fully saturated rings. The van der Waals surface area contributed by atoms with E-state index in [0.29, 0.717) is 5.02 Å². The van der Waals surface area contributed by atoms with Crippen LogP contribution >= 0.6 is 11.6 Å². The minimum absolute atomic E-state index is 0.0150. The van der Waals surface area contributed by atoms with Gasteiger partial charge in [0.2, 0.25) is 0 Å². The maximum Gasteiger partial charge on any atom is 0.0491 e. The third-order valence-corrected chi connectivity index (χ3v) is 2.40. The van der Waals surface area contributed by atoms with Crippen LogP contribution in [0.5, 0.6) is 0 Å². The van der Waals surface area contributed by atoms with Crippen LogP contribution in [0.3, 0.4) is 0 Å². The molecule has 0 aliphatic rings. The van der Waals surface area contributed by atoms with Gasteiger partial charge in [0.25, 0.3) is 0 Å². The summed E-state index contributed by atoms with van der Waals surface area (Å²) in [5.74, 6) is -1.59. The summed E-state index contributed by atoms with van der Waals surface area (Å²) < 4.78 is 0. The van der Waals surface area contributed by atoms with Gasteiger partial charge in [0, 0.05) is 16.9 Å². The van der Waals surface area contributed by atoms with Gasteiger partial charge in [-0.3, -0.25) is 0 Å². The molecule has 0 aliphatic heterocycles. The second-order valence-electron chi connectivity index (χ2n) is 3.59. The summed E-state index contributed by atoms with van der Waals surface area (Å²) in [6.45, 7) is 3.71. The van der Waals surface area contributed by atoms with Crippen molar-refractivity contribution in [3.8, 4) is 0 Å². The Balaban J connectivity index is 3.00. The Hall–Kier alpha value is -1.02. The van der Waals surface area contributed by atoms with E-state index >= 15 is 0 Å². The molecule has 0 aromatic heterocycles. The lowest BCUT2D eigenvalue weighted by molar-refractivity contribution is -0.309. The number of benzene rings is 1. The molecule has 2 nitrogen and oxygen atoms in total. The summed E-state index contributed by atoms with van der Waals surface area (Å²) >= 11 is 5.71. The molecule has 3 heteroatoms. The van der Waals surface area contributed by atoms with Crippen LogP contribution in [0.4, 0.5) is 0 Å². The molecule has 1 rings (SSSR count). The summed E-state index contributed by atoms with van der Waals surface area (Å²) in [4.78, 5) is 10.9. The summed E-state index contributed by atoms with van der Waals surface area (Å²) in [7, 11) is 0. The van der Waals surface area contributed by atoms with E-state index in [1.807, 2.05) is 13.8 Å². The van der Waals surface area contributed by atoms with Gasteiger partial charge in [0.05, 0.1) is 0 Å². The van der Waals surface area contributed by atoms with E-state index in [2.05, 4.69) is 0 Å². The van der Waals surface area contributed by atoms with Gasteiger partial charge in [-0.25, -0.2) is 0 Å². The number of aliphatic carboxylic acids is 1. The van der Waals surface area contributed by atoms with Gasteiger partial charge in [-0.2, -0.15) is 0 Å². The second kappa shape index (κ2) is 4.47. The summed E-state index contributed by atoms with van der Waals surface area (Å²) in [6, 6.07) is 6.83. The molecule has 0 N–H and O–H groups in total. The second-order valence-corrected chi connectivity index (χ2v) is 4.03. The Morgan fingerprint density at radius 2 is 1.79 bits per heavy atom. The lowest BCUT2D eigenvalue weighted by Gasteiger charge is -2.22. The molecule has 0 heterocycles. The first kappa shape index (κ1) is 11.1. The van der Waals surface area contributed by atoms with Crippen molar-refractivity contribution in [3.63, 3.8) is 0 Å². The molecule has 1 aromatic carbocycles. The van der Waals surface area contributed by atoms with Gasteiger partial charge in [0.15, 0.2) is 0 Å². The lowest BCUT2D eigenvalue weighted by atomic mass is 9.89. The van der Waals surface area contributed by atoms with Gasteiger partial charge >= 0.3 is 0 Å². The minimum atomic E-state index is -1.04. The van der Waals surface area contributed by atoms with Crippen molar-refractivity contribution < 1.29 is 9.90 Å². The van der Waals surface area contributed by atoms with Crippen LogP contribution in [0.1, 0.15) is 25.3 Å². The van der Waals surface area contributed by atoms with E-state index in [9.17, 15) is 9.90 Å². The molecular formula is C11H12ClO2-. The van der Waals surface area contributed by atoms with E-state index in [0.717, 1.165) is 5.56 Å². The van der Waals surface area contributed by atoms with Crippen LogP contribution in [0.25, 0.3) is 0 Å². The molecule has 0 amide bonds. The van der Waals surface area contributed by atoms with Crippen molar-refractivity contribution in [1.82, 2.24) is 0 Å². The average molecular weight is 212 g/mol. The van der Waals surface area contributed by atoms with E-state index in [4.69, 9.17) is 11.6 Å². The summed E-state index contributed by atoms with van der Waals surface area (Å²) in [5.41, 5.74) is 0.740. The quantitative estimate of drug-likeness (QED) is 0.766. The number of carboxylic acids is 1. The monoisotopic (exact) mass is 211 g/mol. The molecule has 14 heavy (non-hydrogen) atoms. The smallest absolute Gasteiger partial charge is 0.0491 e. The molecule has 1 aromatic rings. The van der Waals surface area contributed by atoms with Gasteiger partial charge in [-0.1, -0.05) is 37.6 Å². The van der Waals surface area contributed by atoms with Crippen LogP contribution in [-0.2, 0) is 4.79 Å². The third-order valence-electron chi connectivity index (χ3n) is 2.15. The third kappa shape index (κ3) is 2.48. The SMILES string of the molecule is CC(C)[C@@H](C(=O)[O-])c1ccc(Cl)cc1. The Bertz CT molecular complexity index is 317. The van der Waals surface area contributed by atoms with Crippen LogP contribution in [-0.4, -0.2) is 5.97 Å². The minimum Gasteiger partial charge on any atom is -0.549 e. The van der Waals surface area contributed by atoms with Crippen LogP contribution in [0, 0.1) is 5.92 Å². The molecule has 0 aliphatic carbocycles. The lowest BCUT2D eigenvalue weighted by Crippen LogP contribution is -2.32. The van der Waals surface area contributed by atoms with Crippen molar-refractivity contribution in [2.75, 3.05) is 0 Å². The highest BCUT2D eigenvalue weighted by Crippen LogP contribution is 2.24. The fourth-order valence-electron chi connectivity index (χ4n) is 1.46. The zero-order valence-corrected chi connectivity index (χ0v) is 8.91. The average Bonchev–Trinajstić information content (AvgIpc) is 2.07. The van der Waals surface area contributed by atoms with E-state index in [-0.39, 0.29) is 5.92 Å². The number of rotatable bonds is 3. The number of carbonyl (C=O) groups excluding carboxylic acids is 1. The highest BCUT2D eigenvalue weighted by Gasteiger charge is 2.16.